The van der Waals surface area contributed by atoms with Gasteiger partial charge in [0, 0.05) is 12.2 Å². The van der Waals surface area contributed by atoms with Gasteiger partial charge in [0.15, 0.2) is 0 Å². The van der Waals surface area contributed by atoms with E-state index < -0.39 is 0 Å². The summed E-state index contributed by atoms with van der Waals surface area (Å²) in [5.41, 5.74) is 7.39. The summed E-state index contributed by atoms with van der Waals surface area (Å²) >= 11 is 0. The summed E-state index contributed by atoms with van der Waals surface area (Å²) in [6.07, 6.45) is 4.59. The first-order chi connectivity index (χ1) is 8.70. The van der Waals surface area contributed by atoms with Crippen LogP contribution in [0.4, 0.5) is 0 Å². The van der Waals surface area contributed by atoms with Crippen molar-refractivity contribution >= 4 is 0 Å². The molecule has 1 aliphatic rings. The second-order valence-electron chi connectivity index (χ2n) is 4.96. The van der Waals surface area contributed by atoms with Crippen LogP contribution in [0.25, 0.3) is 0 Å². The van der Waals surface area contributed by atoms with E-state index in [2.05, 4.69) is 4.98 Å². The zero-order chi connectivity index (χ0) is 13.0. The molecule has 2 atom stereocenters. The Morgan fingerprint density at radius 1 is 1.33 bits per heavy atom. The van der Waals surface area contributed by atoms with Gasteiger partial charge in [0.25, 0.3) is 0 Å². The lowest BCUT2D eigenvalue weighted by molar-refractivity contribution is 0.0312. The normalized spacial score (nSPS) is 24.6. The molecule has 1 aromatic heterocycles. The third kappa shape index (κ3) is 3.21. The zero-order valence-corrected chi connectivity index (χ0v) is 10.9. The second-order valence-corrected chi connectivity index (χ2v) is 4.96. The minimum atomic E-state index is -0.376. The SMILES string of the molecule is Cc1ccc(OC2CCCCCC2O)c(CN)n1. The number of aliphatic hydroxyl groups is 1. The van der Waals surface area contributed by atoms with Crippen molar-refractivity contribution in [3.05, 3.63) is 23.5 Å². The largest absolute Gasteiger partial charge is 0.486 e. The molecule has 0 amide bonds. The Balaban J connectivity index is 2.12. The average molecular weight is 250 g/mol. The minimum Gasteiger partial charge on any atom is -0.486 e. The molecule has 3 N–H and O–H groups in total. The van der Waals surface area contributed by atoms with E-state index in [-0.39, 0.29) is 12.2 Å². The van der Waals surface area contributed by atoms with Crippen LogP contribution in [0.15, 0.2) is 12.1 Å². The lowest BCUT2D eigenvalue weighted by Crippen LogP contribution is -2.31. The molecule has 1 fully saturated rings. The maximum absolute atomic E-state index is 10.1. The Morgan fingerprint density at radius 2 is 2.11 bits per heavy atom. The molecule has 1 saturated carbocycles. The zero-order valence-electron chi connectivity index (χ0n) is 10.9. The number of aryl methyl sites for hydroxylation is 1. The topological polar surface area (TPSA) is 68.4 Å². The van der Waals surface area contributed by atoms with Crippen LogP contribution < -0.4 is 10.5 Å². The lowest BCUT2D eigenvalue weighted by Gasteiger charge is -2.23. The molecule has 0 saturated heterocycles. The van der Waals surface area contributed by atoms with Gasteiger partial charge in [0.2, 0.25) is 0 Å². The standard InChI is InChI=1S/C14H22N2O2/c1-10-7-8-13(11(9-15)16-10)18-14-6-4-2-3-5-12(14)17/h7-8,12,14,17H,2-6,9,15H2,1H3. The van der Waals surface area contributed by atoms with Gasteiger partial charge in [0.1, 0.15) is 11.9 Å². The molecule has 2 unspecified atom stereocenters. The number of rotatable bonds is 3. The van der Waals surface area contributed by atoms with Crippen molar-refractivity contribution in [3.8, 4) is 5.75 Å². The first-order valence-corrected chi connectivity index (χ1v) is 6.72. The lowest BCUT2D eigenvalue weighted by atomic mass is 10.1. The number of hydrogen-bond acceptors (Lipinski definition) is 4. The number of aliphatic hydroxyl groups excluding tert-OH is 1. The van der Waals surface area contributed by atoms with Gasteiger partial charge in [-0.05, 0) is 38.3 Å². The average Bonchev–Trinajstić information content (AvgIpc) is 2.57. The van der Waals surface area contributed by atoms with E-state index in [1.54, 1.807) is 0 Å². The minimum absolute atomic E-state index is 0.123. The van der Waals surface area contributed by atoms with Gasteiger partial charge in [0.05, 0.1) is 11.8 Å². The van der Waals surface area contributed by atoms with Crippen LogP contribution >= 0.6 is 0 Å². The Hall–Kier alpha value is -1.13. The van der Waals surface area contributed by atoms with Crippen LogP contribution in [0.3, 0.4) is 0 Å². The summed E-state index contributed by atoms with van der Waals surface area (Å²) in [6.45, 7) is 2.29. The van der Waals surface area contributed by atoms with E-state index in [4.69, 9.17) is 10.5 Å². The van der Waals surface area contributed by atoms with E-state index in [9.17, 15) is 5.11 Å². The van der Waals surface area contributed by atoms with Gasteiger partial charge in [-0.2, -0.15) is 0 Å². The molecule has 0 spiro atoms. The molecule has 0 aromatic carbocycles. The number of nitrogens with two attached hydrogens (primary N) is 1. The number of hydrogen-bond donors (Lipinski definition) is 2. The number of pyridine rings is 1. The first-order valence-electron chi connectivity index (χ1n) is 6.72. The van der Waals surface area contributed by atoms with E-state index in [1.165, 1.54) is 6.42 Å². The van der Waals surface area contributed by atoms with Gasteiger partial charge in [-0.25, -0.2) is 0 Å². The predicted octanol–water partition coefficient (Wildman–Crippen LogP) is 1.92. The van der Waals surface area contributed by atoms with Crippen LogP contribution in [0, 0.1) is 6.92 Å². The van der Waals surface area contributed by atoms with E-state index in [0.717, 1.165) is 37.1 Å². The fourth-order valence-electron chi connectivity index (χ4n) is 2.41. The first kappa shape index (κ1) is 13.3. The molecule has 0 bridgehead atoms. The van der Waals surface area contributed by atoms with Crippen molar-refractivity contribution in [1.82, 2.24) is 4.98 Å². The molecule has 4 heteroatoms. The molecule has 1 aromatic rings. The van der Waals surface area contributed by atoms with Gasteiger partial charge in [-0.15, -0.1) is 0 Å². The predicted molar refractivity (Wildman–Crippen MR) is 70.4 cm³/mol. The molecule has 100 valence electrons. The van der Waals surface area contributed by atoms with Crippen LogP contribution in [-0.2, 0) is 6.54 Å². The Bertz CT molecular complexity index is 395. The van der Waals surface area contributed by atoms with Gasteiger partial charge < -0.3 is 15.6 Å². The molecule has 1 heterocycles. The highest BCUT2D eigenvalue weighted by molar-refractivity contribution is 5.29. The maximum Gasteiger partial charge on any atom is 0.142 e. The highest BCUT2D eigenvalue weighted by atomic mass is 16.5. The monoisotopic (exact) mass is 250 g/mol. The molecule has 2 rings (SSSR count). The molecule has 0 radical (unpaired) electrons. The highest BCUT2D eigenvalue weighted by Gasteiger charge is 2.24. The molecule has 1 aliphatic carbocycles. The smallest absolute Gasteiger partial charge is 0.142 e. The Labute approximate surface area is 108 Å². The second kappa shape index (κ2) is 6.16. The van der Waals surface area contributed by atoms with Crippen molar-refractivity contribution in [2.45, 2.75) is 57.8 Å². The number of aromatic nitrogens is 1. The molecular formula is C14H22N2O2. The summed E-state index contributed by atoms with van der Waals surface area (Å²) in [5.74, 6) is 0.717. The summed E-state index contributed by atoms with van der Waals surface area (Å²) in [7, 11) is 0. The summed E-state index contributed by atoms with van der Waals surface area (Å²) < 4.78 is 5.93. The number of ether oxygens (including phenoxy) is 1. The third-order valence-electron chi connectivity index (χ3n) is 3.46. The van der Waals surface area contributed by atoms with E-state index >= 15 is 0 Å². The van der Waals surface area contributed by atoms with Crippen LogP contribution in [0.2, 0.25) is 0 Å². The third-order valence-corrected chi connectivity index (χ3v) is 3.46. The Kier molecular flexibility index (Phi) is 4.55. The summed E-state index contributed by atoms with van der Waals surface area (Å²) in [5, 5.41) is 10.1. The fraction of sp³-hybridized carbons (Fsp3) is 0.643. The van der Waals surface area contributed by atoms with Crippen LogP contribution in [0.5, 0.6) is 5.75 Å². The van der Waals surface area contributed by atoms with Crippen molar-refractivity contribution in [2.75, 3.05) is 0 Å². The quantitative estimate of drug-likeness (QED) is 0.804. The summed E-state index contributed by atoms with van der Waals surface area (Å²) in [6, 6.07) is 3.82. The summed E-state index contributed by atoms with van der Waals surface area (Å²) in [4.78, 5) is 4.37. The van der Waals surface area contributed by atoms with Crippen LogP contribution in [0.1, 0.15) is 43.5 Å². The van der Waals surface area contributed by atoms with E-state index in [1.807, 2.05) is 19.1 Å². The van der Waals surface area contributed by atoms with E-state index in [0.29, 0.717) is 12.3 Å². The van der Waals surface area contributed by atoms with Gasteiger partial charge in [-0.1, -0.05) is 12.8 Å². The number of nitrogens with zero attached hydrogens (tertiary/aromatic N) is 1. The maximum atomic E-state index is 10.1. The van der Waals surface area contributed by atoms with Crippen molar-refractivity contribution in [2.24, 2.45) is 5.73 Å². The van der Waals surface area contributed by atoms with Crippen molar-refractivity contribution in [1.29, 1.82) is 0 Å². The van der Waals surface area contributed by atoms with Crippen molar-refractivity contribution in [3.63, 3.8) is 0 Å². The van der Waals surface area contributed by atoms with Crippen LogP contribution in [-0.4, -0.2) is 22.3 Å². The van der Waals surface area contributed by atoms with Gasteiger partial charge in [-0.3, -0.25) is 4.98 Å². The van der Waals surface area contributed by atoms with Gasteiger partial charge >= 0.3 is 0 Å². The molecular weight excluding hydrogens is 228 g/mol. The fourth-order valence-corrected chi connectivity index (χ4v) is 2.41. The molecule has 0 aliphatic heterocycles. The highest BCUT2D eigenvalue weighted by Crippen LogP contribution is 2.25. The van der Waals surface area contributed by atoms with Crippen molar-refractivity contribution < 1.29 is 9.84 Å². The molecule has 18 heavy (non-hydrogen) atoms. The Morgan fingerprint density at radius 3 is 2.89 bits per heavy atom. The molecule has 4 nitrogen and oxygen atoms in total.